The summed E-state index contributed by atoms with van der Waals surface area (Å²) >= 11 is 0. The fourth-order valence-electron chi connectivity index (χ4n) is 6.43. The van der Waals surface area contributed by atoms with E-state index in [1.54, 1.807) is 6.08 Å². The molecule has 0 aliphatic heterocycles. The average Bonchev–Trinajstić information content (AvgIpc) is 3.13. The van der Waals surface area contributed by atoms with E-state index in [1.165, 1.54) is 135 Å². The van der Waals surface area contributed by atoms with Gasteiger partial charge in [-0.1, -0.05) is 185 Å². The fourth-order valence-corrected chi connectivity index (χ4v) is 7.16. The number of quaternary nitrogens is 1. The van der Waals surface area contributed by atoms with E-state index in [1.807, 2.05) is 27.2 Å². The van der Waals surface area contributed by atoms with E-state index in [-0.39, 0.29) is 19.1 Å². The first-order valence-corrected chi connectivity index (χ1v) is 24.4. The third-order valence-electron chi connectivity index (χ3n) is 10.1. The Labute approximate surface area is 340 Å². The van der Waals surface area contributed by atoms with Crippen molar-refractivity contribution in [1.29, 1.82) is 0 Å². The van der Waals surface area contributed by atoms with Crippen LogP contribution in [0, 0.1) is 0 Å². The van der Waals surface area contributed by atoms with Crippen molar-refractivity contribution in [2.45, 2.75) is 212 Å². The Kier molecular flexibility index (Phi) is 37.4. The van der Waals surface area contributed by atoms with E-state index in [9.17, 15) is 19.4 Å². The molecule has 0 aromatic rings. The molecule has 3 unspecified atom stereocenters. The highest BCUT2D eigenvalue weighted by atomic mass is 31.2. The van der Waals surface area contributed by atoms with Crippen molar-refractivity contribution in [2.24, 2.45) is 0 Å². The molecule has 0 spiro atoms. The number of carbonyl (C=O) groups excluding carboxylic acids is 1. The van der Waals surface area contributed by atoms with E-state index in [0.29, 0.717) is 17.4 Å². The monoisotopic (exact) mass is 798 g/mol. The van der Waals surface area contributed by atoms with Gasteiger partial charge in [0, 0.05) is 6.42 Å². The van der Waals surface area contributed by atoms with Crippen LogP contribution in [0.15, 0.2) is 36.5 Å². The number of nitrogens with one attached hydrogen (secondary N) is 1. The second-order valence-corrected chi connectivity index (χ2v) is 18.2. The third kappa shape index (κ3) is 40.7. The lowest BCUT2D eigenvalue weighted by atomic mass is 10.0. The second-order valence-electron chi connectivity index (χ2n) is 16.8. The van der Waals surface area contributed by atoms with Crippen LogP contribution in [-0.4, -0.2) is 73.4 Å². The molecule has 0 aromatic heterocycles. The molecule has 0 fully saturated rings. The Bertz CT molecular complexity index is 995. The summed E-state index contributed by atoms with van der Waals surface area (Å²) in [5.74, 6) is -0.217. The number of rotatable bonds is 41. The summed E-state index contributed by atoms with van der Waals surface area (Å²) in [7, 11) is 1.54. The number of carbonyl (C=O) groups is 1. The van der Waals surface area contributed by atoms with Crippen LogP contribution in [0.25, 0.3) is 0 Å². The van der Waals surface area contributed by atoms with Gasteiger partial charge in [-0.25, -0.2) is 4.57 Å². The molecule has 0 aliphatic rings. The van der Waals surface area contributed by atoms with Crippen LogP contribution in [-0.2, 0) is 18.4 Å². The number of phosphoric acid groups is 1. The zero-order valence-corrected chi connectivity index (χ0v) is 37.6. The first-order chi connectivity index (χ1) is 26.5. The minimum absolute atomic E-state index is 0.0528. The first-order valence-electron chi connectivity index (χ1n) is 22.9. The molecule has 0 heterocycles. The Hall–Kier alpha value is -1.28. The summed E-state index contributed by atoms with van der Waals surface area (Å²) in [4.78, 5) is 22.6. The number of amides is 1. The summed E-state index contributed by atoms with van der Waals surface area (Å²) in [5, 5.41) is 13.6. The van der Waals surface area contributed by atoms with Gasteiger partial charge in [-0.3, -0.25) is 13.8 Å². The Morgan fingerprint density at radius 3 is 1.45 bits per heavy atom. The van der Waals surface area contributed by atoms with Gasteiger partial charge >= 0.3 is 7.82 Å². The maximum absolute atomic E-state index is 12.5. The molecule has 8 nitrogen and oxygen atoms in total. The Morgan fingerprint density at radius 1 is 0.600 bits per heavy atom. The highest BCUT2D eigenvalue weighted by molar-refractivity contribution is 7.47. The molecule has 55 heavy (non-hydrogen) atoms. The third-order valence-corrected chi connectivity index (χ3v) is 11.1. The van der Waals surface area contributed by atoms with Crippen molar-refractivity contribution in [2.75, 3.05) is 40.9 Å². The van der Waals surface area contributed by atoms with Crippen LogP contribution < -0.4 is 5.32 Å². The van der Waals surface area contributed by atoms with E-state index >= 15 is 0 Å². The van der Waals surface area contributed by atoms with Crippen LogP contribution in [0.4, 0.5) is 0 Å². The lowest BCUT2D eigenvalue weighted by molar-refractivity contribution is -0.870. The zero-order valence-electron chi connectivity index (χ0n) is 36.7. The number of phosphoric ester groups is 1. The van der Waals surface area contributed by atoms with E-state index < -0.39 is 20.0 Å². The Balaban J connectivity index is 3.96. The largest absolute Gasteiger partial charge is 0.472 e. The maximum Gasteiger partial charge on any atom is 0.472 e. The van der Waals surface area contributed by atoms with Crippen molar-refractivity contribution < 1.29 is 32.9 Å². The Morgan fingerprint density at radius 2 is 1.00 bits per heavy atom. The topological polar surface area (TPSA) is 105 Å². The minimum atomic E-state index is -4.33. The fraction of sp³-hybridized carbons (Fsp3) is 0.848. The van der Waals surface area contributed by atoms with Gasteiger partial charge in [0.05, 0.1) is 39.9 Å². The van der Waals surface area contributed by atoms with Crippen LogP contribution in [0.2, 0.25) is 0 Å². The summed E-state index contributed by atoms with van der Waals surface area (Å²) < 4.78 is 23.2. The summed E-state index contributed by atoms with van der Waals surface area (Å²) in [6.45, 7) is 4.60. The SMILES string of the molecule is CCCCCCCCCCCCCCCCCCCCCC/C=C/CC/C=C/CC/C=C/C(O)C(COP(=O)(O)OCC[N+](C)(C)C)NC(=O)CCCCC. The van der Waals surface area contributed by atoms with Crippen LogP contribution in [0.3, 0.4) is 0 Å². The number of unbranched alkanes of at least 4 members (excludes halogenated alkanes) is 24. The summed E-state index contributed by atoms with van der Waals surface area (Å²) in [6, 6.07) is -0.862. The normalized spacial score (nSPS) is 14.7. The maximum atomic E-state index is 12.5. The number of hydrogen-bond donors (Lipinski definition) is 3. The van der Waals surface area contributed by atoms with Crippen molar-refractivity contribution in [3.63, 3.8) is 0 Å². The molecule has 9 heteroatoms. The van der Waals surface area contributed by atoms with Gasteiger partial charge in [0.1, 0.15) is 13.2 Å². The summed E-state index contributed by atoms with van der Waals surface area (Å²) in [5.41, 5.74) is 0. The first kappa shape index (κ1) is 53.7. The lowest BCUT2D eigenvalue weighted by Gasteiger charge is -2.25. The van der Waals surface area contributed by atoms with E-state index in [2.05, 4.69) is 43.5 Å². The number of hydrogen-bond acceptors (Lipinski definition) is 5. The van der Waals surface area contributed by atoms with Gasteiger partial charge in [-0.2, -0.15) is 0 Å². The molecular weight excluding hydrogens is 707 g/mol. The molecule has 0 radical (unpaired) electrons. The molecule has 0 aliphatic carbocycles. The molecule has 1 amide bonds. The van der Waals surface area contributed by atoms with Gasteiger partial charge in [0.25, 0.3) is 0 Å². The predicted molar refractivity (Wildman–Crippen MR) is 235 cm³/mol. The molecule has 0 bridgehead atoms. The van der Waals surface area contributed by atoms with Crippen molar-refractivity contribution in [3.8, 4) is 0 Å². The molecule has 0 rings (SSSR count). The number of likely N-dealkylation sites (N-methyl/N-ethyl adjacent to an activating group) is 1. The van der Waals surface area contributed by atoms with Crippen molar-refractivity contribution >= 4 is 13.7 Å². The number of aliphatic hydroxyl groups excluding tert-OH is 1. The van der Waals surface area contributed by atoms with Crippen LogP contribution in [0.5, 0.6) is 0 Å². The molecule has 0 saturated carbocycles. The van der Waals surface area contributed by atoms with E-state index in [4.69, 9.17) is 9.05 Å². The zero-order chi connectivity index (χ0) is 40.7. The smallest absolute Gasteiger partial charge is 0.387 e. The lowest BCUT2D eigenvalue weighted by Crippen LogP contribution is -2.45. The number of nitrogens with zero attached hydrogens (tertiary/aromatic N) is 1. The average molecular weight is 798 g/mol. The molecule has 3 N–H and O–H groups in total. The van der Waals surface area contributed by atoms with Crippen LogP contribution in [0.1, 0.15) is 200 Å². The molecule has 0 aromatic carbocycles. The minimum Gasteiger partial charge on any atom is -0.387 e. The van der Waals surface area contributed by atoms with E-state index in [0.717, 1.165) is 44.9 Å². The van der Waals surface area contributed by atoms with Gasteiger partial charge in [-0.15, -0.1) is 0 Å². The quantitative estimate of drug-likeness (QED) is 0.0246. The van der Waals surface area contributed by atoms with Gasteiger partial charge < -0.3 is 19.8 Å². The van der Waals surface area contributed by atoms with Gasteiger partial charge in [0.2, 0.25) is 5.91 Å². The van der Waals surface area contributed by atoms with Crippen LogP contribution >= 0.6 is 7.82 Å². The van der Waals surface area contributed by atoms with Gasteiger partial charge in [-0.05, 0) is 44.9 Å². The predicted octanol–water partition coefficient (Wildman–Crippen LogP) is 12.7. The second kappa shape index (κ2) is 38.2. The number of allylic oxidation sites excluding steroid dienone is 5. The standard InChI is InChI=1S/C46H89N2O6P/c1-6-8-10-11-12-13-14-15-16-17-18-19-20-21-22-23-24-25-26-27-28-29-30-31-32-33-34-35-36-38-39-45(49)44(47-46(50)40-37-9-7-2)43-54-55(51,52)53-42-41-48(3,4)5/h29-30,33-34,38-39,44-45,49H,6-28,31-32,35-37,40-43H2,1-5H3,(H-,47,50,51,52)/p+1/b30-29+,34-33+,39-38+. The summed E-state index contributed by atoms with van der Waals surface area (Å²) in [6.07, 6.45) is 47.7. The molecule has 324 valence electrons. The molecule has 0 saturated heterocycles. The number of aliphatic hydroxyl groups is 1. The van der Waals surface area contributed by atoms with Crippen molar-refractivity contribution in [1.82, 2.24) is 5.32 Å². The highest BCUT2D eigenvalue weighted by Crippen LogP contribution is 2.43. The van der Waals surface area contributed by atoms with Crippen molar-refractivity contribution in [3.05, 3.63) is 36.5 Å². The molecule has 3 atom stereocenters. The highest BCUT2D eigenvalue weighted by Gasteiger charge is 2.27. The molecular formula is C46H90N2O6P+. The van der Waals surface area contributed by atoms with Gasteiger partial charge in [0.15, 0.2) is 0 Å².